The van der Waals surface area contributed by atoms with E-state index in [9.17, 15) is 4.39 Å². The monoisotopic (exact) mass is 103 g/mol. The molecule has 0 aromatic heterocycles. The summed E-state index contributed by atoms with van der Waals surface area (Å²) >= 11 is 0. The van der Waals surface area contributed by atoms with Gasteiger partial charge in [-0.25, -0.2) is 4.39 Å². The molecule has 42 valence electrons. The van der Waals surface area contributed by atoms with Gasteiger partial charge in [0.25, 0.3) is 0 Å². The standard InChI is InChI=1S/C5H10FN/c1-2-3-4-5(6)7/h5H,2-4H2,1H3. The first-order valence-corrected chi connectivity index (χ1v) is 2.59. The van der Waals surface area contributed by atoms with Gasteiger partial charge in [0.15, 0.2) is 6.30 Å². The number of unbranched alkanes of at least 4 members (excludes halogenated alkanes) is 1. The van der Waals surface area contributed by atoms with E-state index >= 15 is 0 Å². The maximum atomic E-state index is 11.4. The van der Waals surface area contributed by atoms with Crippen LogP contribution in [0.4, 0.5) is 4.39 Å². The van der Waals surface area contributed by atoms with Gasteiger partial charge in [0.05, 0.1) is 0 Å². The van der Waals surface area contributed by atoms with Gasteiger partial charge in [-0.3, -0.25) is 0 Å². The molecular formula is C5H10FN. The van der Waals surface area contributed by atoms with E-state index in [-0.39, 0.29) is 6.42 Å². The third-order valence-corrected chi connectivity index (χ3v) is 0.796. The third kappa shape index (κ3) is 5.89. The molecule has 1 atom stereocenters. The Kier molecular flexibility index (Phi) is 4.00. The number of nitrogens with zero attached hydrogens (tertiary/aromatic N) is 1. The molecule has 0 aliphatic rings. The Labute approximate surface area is 43.7 Å². The van der Waals surface area contributed by atoms with E-state index in [0.29, 0.717) is 0 Å². The molecule has 2 heteroatoms. The lowest BCUT2D eigenvalue weighted by atomic mass is 10.2. The van der Waals surface area contributed by atoms with Gasteiger partial charge >= 0.3 is 0 Å². The van der Waals surface area contributed by atoms with E-state index < -0.39 is 6.30 Å². The van der Waals surface area contributed by atoms with Crippen LogP contribution in [0, 0.1) is 0 Å². The fourth-order valence-corrected chi connectivity index (χ4v) is 0.373. The van der Waals surface area contributed by atoms with Crippen LogP contribution in [-0.2, 0) is 0 Å². The largest absolute Gasteiger partial charge is 0.227 e. The van der Waals surface area contributed by atoms with Crippen LogP contribution in [-0.4, -0.2) is 6.30 Å². The SMILES string of the molecule is CCCCC([N])F. The minimum atomic E-state index is -1.60. The molecule has 0 saturated carbocycles. The molecule has 0 heterocycles. The van der Waals surface area contributed by atoms with Gasteiger partial charge in [-0.1, -0.05) is 13.3 Å². The highest BCUT2D eigenvalue weighted by Crippen LogP contribution is 1.98. The summed E-state index contributed by atoms with van der Waals surface area (Å²) in [5, 5.41) is 0. The molecule has 0 spiro atoms. The molecule has 7 heavy (non-hydrogen) atoms. The Morgan fingerprint density at radius 1 is 1.71 bits per heavy atom. The molecule has 2 radical (unpaired) electrons. The van der Waals surface area contributed by atoms with Gasteiger partial charge in [0, 0.05) is 0 Å². The maximum absolute atomic E-state index is 11.4. The second-order valence-corrected chi connectivity index (χ2v) is 1.58. The number of alkyl halides is 1. The fraction of sp³-hybridized carbons (Fsp3) is 1.00. The molecule has 0 aromatic rings. The number of rotatable bonds is 3. The van der Waals surface area contributed by atoms with Crippen LogP contribution in [0.3, 0.4) is 0 Å². The molecule has 1 nitrogen and oxygen atoms in total. The predicted octanol–water partition coefficient (Wildman–Crippen LogP) is 1.54. The summed E-state index contributed by atoms with van der Waals surface area (Å²) in [6.45, 7) is 1.96. The lowest BCUT2D eigenvalue weighted by molar-refractivity contribution is 0.307. The number of halogens is 1. The van der Waals surface area contributed by atoms with Crippen LogP contribution in [0.15, 0.2) is 0 Å². The zero-order valence-electron chi connectivity index (χ0n) is 4.52. The molecule has 0 rings (SSSR count). The summed E-state index contributed by atoms with van der Waals surface area (Å²) in [5.41, 5.74) is 8.02. The molecule has 0 N–H and O–H groups in total. The van der Waals surface area contributed by atoms with Crippen LogP contribution in [0.2, 0.25) is 0 Å². The van der Waals surface area contributed by atoms with E-state index in [4.69, 9.17) is 5.73 Å². The van der Waals surface area contributed by atoms with Crippen LogP contribution >= 0.6 is 0 Å². The van der Waals surface area contributed by atoms with E-state index in [1.165, 1.54) is 0 Å². The normalized spacial score (nSPS) is 14.1. The van der Waals surface area contributed by atoms with E-state index in [2.05, 4.69) is 0 Å². The minimum Gasteiger partial charge on any atom is -0.227 e. The van der Waals surface area contributed by atoms with E-state index in [1.54, 1.807) is 0 Å². The second-order valence-electron chi connectivity index (χ2n) is 1.58. The molecule has 0 amide bonds. The Morgan fingerprint density at radius 2 is 2.29 bits per heavy atom. The fourth-order valence-electron chi connectivity index (χ4n) is 0.373. The number of hydrogen-bond acceptors (Lipinski definition) is 0. The van der Waals surface area contributed by atoms with Crippen molar-refractivity contribution in [2.24, 2.45) is 0 Å². The Hall–Kier alpha value is -0.110. The molecule has 0 aromatic carbocycles. The van der Waals surface area contributed by atoms with Crippen molar-refractivity contribution in [1.29, 1.82) is 0 Å². The maximum Gasteiger partial charge on any atom is 0.183 e. The van der Waals surface area contributed by atoms with Gasteiger partial charge in [0.2, 0.25) is 0 Å². The molecule has 0 saturated heterocycles. The summed E-state index contributed by atoms with van der Waals surface area (Å²) in [7, 11) is 0. The molecule has 1 unspecified atom stereocenters. The topological polar surface area (TPSA) is 22.3 Å². The zero-order chi connectivity index (χ0) is 5.70. The van der Waals surface area contributed by atoms with E-state index in [0.717, 1.165) is 12.8 Å². The zero-order valence-corrected chi connectivity index (χ0v) is 4.52. The summed E-state index contributed by atoms with van der Waals surface area (Å²) in [5.74, 6) is 0. The van der Waals surface area contributed by atoms with Gasteiger partial charge in [0.1, 0.15) is 0 Å². The number of hydrogen-bond donors (Lipinski definition) is 0. The lowest BCUT2D eigenvalue weighted by Gasteiger charge is -1.92. The summed E-state index contributed by atoms with van der Waals surface area (Å²) in [6, 6.07) is 0. The van der Waals surface area contributed by atoms with Gasteiger partial charge in [-0.2, -0.15) is 0 Å². The van der Waals surface area contributed by atoms with E-state index in [1.807, 2.05) is 6.92 Å². The van der Waals surface area contributed by atoms with Gasteiger partial charge in [-0.05, 0) is 12.8 Å². The van der Waals surface area contributed by atoms with Crippen molar-refractivity contribution in [3.63, 3.8) is 0 Å². The predicted molar refractivity (Wildman–Crippen MR) is 26.6 cm³/mol. The van der Waals surface area contributed by atoms with Crippen molar-refractivity contribution in [2.45, 2.75) is 32.5 Å². The van der Waals surface area contributed by atoms with Crippen LogP contribution in [0.5, 0.6) is 0 Å². The molecule has 0 fully saturated rings. The van der Waals surface area contributed by atoms with Crippen molar-refractivity contribution >= 4 is 0 Å². The van der Waals surface area contributed by atoms with Crippen molar-refractivity contribution < 1.29 is 4.39 Å². The van der Waals surface area contributed by atoms with Gasteiger partial charge in [-0.15, -0.1) is 5.73 Å². The second kappa shape index (κ2) is 4.06. The van der Waals surface area contributed by atoms with Crippen molar-refractivity contribution in [3.8, 4) is 0 Å². The highest BCUT2D eigenvalue weighted by molar-refractivity contribution is 4.41. The molecular weight excluding hydrogens is 93.1 g/mol. The molecule has 0 aliphatic carbocycles. The first-order valence-electron chi connectivity index (χ1n) is 2.59. The highest BCUT2D eigenvalue weighted by Gasteiger charge is 1.96. The molecule has 0 aliphatic heterocycles. The lowest BCUT2D eigenvalue weighted by Crippen LogP contribution is -1.98. The highest BCUT2D eigenvalue weighted by atomic mass is 19.1. The third-order valence-electron chi connectivity index (χ3n) is 0.796. The summed E-state index contributed by atoms with van der Waals surface area (Å²) in [4.78, 5) is 0. The summed E-state index contributed by atoms with van der Waals surface area (Å²) in [6.07, 6.45) is 0.412. The Bertz CT molecular complexity index is 37.1. The summed E-state index contributed by atoms with van der Waals surface area (Å²) < 4.78 is 11.4. The van der Waals surface area contributed by atoms with Crippen LogP contribution in [0.25, 0.3) is 0 Å². The van der Waals surface area contributed by atoms with Crippen LogP contribution in [0.1, 0.15) is 26.2 Å². The minimum absolute atomic E-state index is 0.288. The average molecular weight is 103 g/mol. The van der Waals surface area contributed by atoms with Gasteiger partial charge < -0.3 is 0 Å². The molecule has 0 bridgehead atoms. The first kappa shape index (κ1) is 6.89. The van der Waals surface area contributed by atoms with Crippen molar-refractivity contribution in [2.75, 3.05) is 0 Å². The Morgan fingerprint density at radius 3 is 2.43 bits per heavy atom. The van der Waals surface area contributed by atoms with Crippen LogP contribution < -0.4 is 5.73 Å². The first-order chi connectivity index (χ1) is 3.27. The average Bonchev–Trinajstić information content (AvgIpc) is 1.61. The Balaban J connectivity index is 2.68. The van der Waals surface area contributed by atoms with Crippen molar-refractivity contribution in [3.05, 3.63) is 0 Å². The quantitative estimate of drug-likeness (QED) is 0.483. The van der Waals surface area contributed by atoms with Crippen molar-refractivity contribution in [1.82, 2.24) is 5.73 Å². The smallest absolute Gasteiger partial charge is 0.183 e.